The van der Waals surface area contributed by atoms with Crippen molar-refractivity contribution in [2.45, 2.75) is 71.4 Å². The highest BCUT2D eigenvalue weighted by atomic mass is 16.5. The van der Waals surface area contributed by atoms with Crippen molar-refractivity contribution in [1.82, 2.24) is 20.7 Å². The monoisotopic (exact) mass is 406 g/mol. The Balaban J connectivity index is 1.62. The van der Waals surface area contributed by atoms with E-state index in [9.17, 15) is 4.79 Å². The van der Waals surface area contributed by atoms with Crippen LogP contribution in [0.5, 0.6) is 0 Å². The van der Waals surface area contributed by atoms with Gasteiger partial charge in [-0.25, -0.2) is 0 Å². The maximum Gasteiger partial charge on any atom is 0.226 e. The summed E-state index contributed by atoms with van der Waals surface area (Å²) in [5.74, 6) is 1.28. The second-order valence-corrected chi connectivity index (χ2v) is 9.17. The number of rotatable bonds is 9. The quantitative estimate of drug-likeness (QED) is 0.655. The molecule has 164 valence electrons. The minimum absolute atomic E-state index is 0.147. The van der Waals surface area contributed by atoms with Crippen LogP contribution in [-0.4, -0.2) is 67.4 Å². The highest BCUT2D eigenvalue weighted by Gasteiger charge is 2.41. The van der Waals surface area contributed by atoms with Gasteiger partial charge in [-0.3, -0.25) is 9.69 Å². The molecule has 1 amide bonds. The van der Waals surface area contributed by atoms with E-state index < -0.39 is 5.41 Å². The lowest BCUT2D eigenvalue weighted by Crippen LogP contribution is -2.51. The smallest absolute Gasteiger partial charge is 0.226 e. The van der Waals surface area contributed by atoms with Crippen LogP contribution >= 0.6 is 0 Å². The van der Waals surface area contributed by atoms with Crippen LogP contribution in [0, 0.1) is 5.41 Å². The number of ether oxygens (including phenoxy) is 1. The van der Waals surface area contributed by atoms with Crippen LogP contribution in [0.1, 0.15) is 64.3 Å². The van der Waals surface area contributed by atoms with Crippen molar-refractivity contribution in [2.24, 2.45) is 5.41 Å². The van der Waals surface area contributed by atoms with E-state index in [-0.39, 0.29) is 5.91 Å². The molecule has 1 unspecified atom stereocenters. The van der Waals surface area contributed by atoms with E-state index >= 15 is 0 Å². The third kappa shape index (κ3) is 5.58. The number of hydrogen-bond acceptors (Lipinski definition) is 6. The first-order valence-corrected chi connectivity index (χ1v) is 11.2. The first-order valence-electron chi connectivity index (χ1n) is 11.2. The van der Waals surface area contributed by atoms with Gasteiger partial charge in [0.15, 0.2) is 0 Å². The van der Waals surface area contributed by atoms with Crippen molar-refractivity contribution >= 4 is 5.91 Å². The molecule has 0 spiro atoms. The number of nitrogens with one attached hydrogen (secondary N) is 2. The van der Waals surface area contributed by atoms with Crippen molar-refractivity contribution in [2.75, 3.05) is 39.4 Å². The third-order valence-electron chi connectivity index (χ3n) is 6.46. The zero-order chi connectivity index (χ0) is 20.9. The zero-order valence-corrected chi connectivity index (χ0v) is 18.5. The lowest BCUT2D eigenvalue weighted by Gasteiger charge is -2.36. The fourth-order valence-electron chi connectivity index (χ4n) is 4.69. The van der Waals surface area contributed by atoms with Crippen molar-refractivity contribution in [3.63, 3.8) is 0 Å². The minimum Gasteiger partial charge on any atom is -0.381 e. The van der Waals surface area contributed by atoms with Crippen LogP contribution in [0.2, 0.25) is 0 Å². The van der Waals surface area contributed by atoms with Crippen LogP contribution < -0.4 is 10.6 Å². The predicted octanol–water partition coefficient (Wildman–Crippen LogP) is 2.33. The molecule has 0 aliphatic carbocycles. The largest absolute Gasteiger partial charge is 0.381 e. The van der Waals surface area contributed by atoms with Crippen LogP contribution in [0.15, 0.2) is 10.6 Å². The highest BCUT2D eigenvalue weighted by molar-refractivity contribution is 5.83. The average molecular weight is 407 g/mol. The Hall–Kier alpha value is -1.44. The van der Waals surface area contributed by atoms with Crippen molar-refractivity contribution in [3.8, 4) is 0 Å². The molecule has 0 aromatic carbocycles. The van der Waals surface area contributed by atoms with E-state index in [0.29, 0.717) is 37.6 Å². The SMILES string of the molecule is CC(C)N(CCNC(=O)C1(Cc2cc(C3CCOC3)no2)CCNCC1)C(C)C. The van der Waals surface area contributed by atoms with Crippen LogP contribution in [0.25, 0.3) is 0 Å². The standard InChI is InChI=1S/C22H38N4O3/c1-16(2)26(17(3)4)11-10-24-21(27)22(6-8-23-9-7-22)14-19-13-20(25-29-19)18-5-12-28-15-18/h13,16-18,23H,5-12,14-15H2,1-4H3,(H,24,27). The van der Waals surface area contributed by atoms with Crippen LogP contribution in [0.4, 0.5) is 0 Å². The first-order chi connectivity index (χ1) is 13.9. The summed E-state index contributed by atoms with van der Waals surface area (Å²) in [5.41, 5.74) is 0.542. The van der Waals surface area contributed by atoms with Gasteiger partial charge in [-0.15, -0.1) is 0 Å². The summed E-state index contributed by atoms with van der Waals surface area (Å²) in [4.78, 5) is 15.7. The number of amides is 1. The van der Waals surface area contributed by atoms with Crippen molar-refractivity contribution in [1.29, 1.82) is 0 Å². The third-order valence-corrected chi connectivity index (χ3v) is 6.46. The number of carbonyl (C=O) groups excluding carboxylic acids is 1. The summed E-state index contributed by atoms with van der Waals surface area (Å²) >= 11 is 0. The lowest BCUT2D eigenvalue weighted by atomic mass is 9.74. The summed E-state index contributed by atoms with van der Waals surface area (Å²) in [6.07, 6.45) is 3.24. The average Bonchev–Trinajstić information content (AvgIpc) is 3.36. The maximum atomic E-state index is 13.3. The second-order valence-electron chi connectivity index (χ2n) is 9.17. The number of aromatic nitrogens is 1. The molecular formula is C22H38N4O3. The van der Waals surface area contributed by atoms with E-state index in [2.05, 4.69) is 48.4 Å². The molecule has 2 fully saturated rings. The summed E-state index contributed by atoms with van der Waals surface area (Å²) in [5, 5.41) is 10.9. The molecule has 1 aromatic rings. The molecule has 2 N–H and O–H groups in total. The van der Waals surface area contributed by atoms with Crippen LogP contribution in [-0.2, 0) is 16.0 Å². The maximum absolute atomic E-state index is 13.3. The van der Waals surface area contributed by atoms with Gasteiger partial charge in [0.25, 0.3) is 0 Å². The zero-order valence-electron chi connectivity index (χ0n) is 18.5. The van der Waals surface area contributed by atoms with Crippen molar-refractivity contribution in [3.05, 3.63) is 17.5 Å². The van der Waals surface area contributed by atoms with E-state index in [1.54, 1.807) is 0 Å². The van der Waals surface area contributed by atoms with E-state index in [1.165, 1.54) is 0 Å². The number of carbonyl (C=O) groups is 1. The Morgan fingerprint density at radius 3 is 2.66 bits per heavy atom. The van der Waals surface area contributed by atoms with Gasteiger partial charge >= 0.3 is 0 Å². The van der Waals surface area contributed by atoms with E-state index in [1.807, 2.05) is 6.07 Å². The molecule has 3 heterocycles. The Morgan fingerprint density at radius 1 is 1.31 bits per heavy atom. The topological polar surface area (TPSA) is 79.6 Å². The summed E-state index contributed by atoms with van der Waals surface area (Å²) in [6.45, 7) is 13.6. The van der Waals surface area contributed by atoms with Crippen LogP contribution in [0.3, 0.4) is 0 Å². The molecule has 2 aliphatic heterocycles. The molecule has 1 aromatic heterocycles. The molecule has 7 nitrogen and oxygen atoms in total. The van der Waals surface area contributed by atoms with Gasteiger partial charge in [-0.2, -0.15) is 0 Å². The minimum atomic E-state index is -0.422. The van der Waals surface area contributed by atoms with Crippen molar-refractivity contribution < 1.29 is 14.1 Å². The molecule has 29 heavy (non-hydrogen) atoms. The lowest BCUT2D eigenvalue weighted by molar-refractivity contribution is -0.133. The molecule has 0 saturated carbocycles. The Labute approximate surface area is 174 Å². The van der Waals surface area contributed by atoms with Gasteiger partial charge in [0, 0.05) is 50.2 Å². The normalized spacial score (nSPS) is 22.0. The Bertz CT molecular complexity index is 638. The fourth-order valence-corrected chi connectivity index (χ4v) is 4.69. The molecule has 2 aliphatic rings. The van der Waals surface area contributed by atoms with Gasteiger partial charge in [-0.05, 0) is 60.0 Å². The molecule has 3 rings (SSSR count). The molecule has 7 heteroatoms. The predicted molar refractivity (Wildman–Crippen MR) is 113 cm³/mol. The van der Waals surface area contributed by atoms with Gasteiger partial charge < -0.3 is 19.9 Å². The molecule has 1 atom stereocenters. The summed E-state index contributed by atoms with van der Waals surface area (Å²) < 4.78 is 11.1. The second kappa shape index (κ2) is 10.0. The summed E-state index contributed by atoms with van der Waals surface area (Å²) in [6, 6.07) is 2.97. The van der Waals surface area contributed by atoms with Gasteiger partial charge in [0.05, 0.1) is 17.7 Å². The van der Waals surface area contributed by atoms with Gasteiger partial charge in [-0.1, -0.05) is 5.16 Å². The fraction of sp³-hybridized carbons (Fsp3) is 0.818. The number of piperidine rings is 1. The Morgan fingerprint density at radius 2 is 2.03 bits per heavy atom. The molecular weight excluding hydrogens is 368 g/mol. The highest BCUT2D eigenvalue weighted by Crippen LogP contribution is 2.34. The van der Waals surface area contributed by atoms with E-state index in [4.69, 9.17) is 9.26 Å². The first kappa shape index (κ1) is 22.2. The van der Waals surface area contributed by atoms with Gasteiger partial charge in [0.2, 0.25) is 5.91 Å². The molecule has 0 bridgehead atoms. The summed E-state index contributed by atoms with van der Waals surface area (Å²) in [7, 11) is 0. The number of hydrogen-bond donors (Lipinski definition) is 2. The number of nitrogens with zero attached hydrogens (tertiary/aromatic N) is 2. The van der Waals surface area contributed by atoms with E-state index in [0.717, 1.165) is 57.0 Å². The Kier molecular flexibility index (Phi) is 7.71. The molecule has 0 radical (unpaired) electrons. The van der Waals surface area contributed by atoms with Gasteiger partial charge in [0.1, 0.15) is 5.76 Å². The molecule has 2 saturated heterocycles.